The molecule has 2 atom stereocenters. The summed E-state index contributed by atoms with van der Waals surface area (Å²) in [7, 11) is 3.28. The van der Waals surface area contributed by atoms with Crippen LogP contribution in [-0.4, -0.2) is 70.4 Å². The summed E-state index contributed by atoms with van der Waals surface area (Å²) in [6.45, 7) is 0.731. The van der Waals surface area contributed by atoms with Crippen LogP contribution in [0.25, 0.3) is 0 Å². The van der Waals surface area contributed by atoms with Gasteiger partial charge in [-0.25, -0.2) is 9.79 Å². The van der Waals surface area contributed by atoms with Crippen molar-refractivity contribution >= 4 is 28.9 Å². The number of hydrogen-bond donors (Lipinski definition) is 0. The molecule has 31 heavy (non-hydrogen) atoms. The zero-order valence-electron chi connectivity index (χ0n) is 18.0. The molecule has 2 heterocycles. The third-order valence-corrected chi connectivity index (χ3v) is 6.85. The molecule has 2 unspecified atom stereocenters. The van der Waals surface area contributed by atoms with E-state index in [0.717, 1.165) is 36.7 Å². The standard InChI is InChI=1S/C24H28N4O2S/c1-26-21-20(22(29)27(2)24(26)30)28(16-9-14-18-10-5-3-6-11-18)23(25-21)31-17-15-19-12-7-4-8-13-19/h3-8,10-13,20-21H,9,14-17H2,1-2H3. The largest absolute Gasteiger partial charge is 0.336 e. The summed E-state index contributed by atoms with van der Waals surface area (Å²) in [4.78, 5) is 35.2. The molecule has 2 aliphatic rings. The first kappa shape index (κ1) is 21.4. The van der Waals surface area contributed by atoms with E-state index in [1.807, 2.05) is 36.4 Å². The third kappa shape index (κ3) is 4.61. The third-order valence-electron chi connectivity index (χ3n) is 5.85. The number of hydrogen-bond acceptors (Lipinski definition) is 5. The number of imide groups is 1. The molecule has 4 rings (SSSR count). The molecule has 2 aromatic carbocycles. The second-order valence-corrected chi connectivity index (χ2v) is 8.99. The molecule has 0 spiro atoms. The number of amides is 3. The Morgan fingerprint density at radius 3 is 2.16 bits per heavy atom. The fourth-order valence-corrected chi connectivity index (χ4v) is 5.17. The first-order valence-corrected chi connectivity index (χ1v) is 11.6. The molecule has 1 fully saturated rings. The topological polar surface area (TPSA) is 56.2 Å². The van der Waals surface area contributed by atoms with Gasteiger partial charge in [-0.2, -0.15) is 0 Å². The molecule has 2 aliphatic heterocycles. The van der Waals surface area contributed by atoms with Crippen LogP contribution in [0.15, 0.2) is 65.7 Å². The number of carbonyl (C=O) groups is 2. The number of carbonyl (C=O) groups excluding carboxylic acids is 2. The van der Waals surface area contributed by atoms with Crippen LogP contribution in [0.5, 0.6) is 0 Å². The highest BCUT2D eigenvalue weighted by atomic mass is 32.2. The highest BCUT2D eigenvalue weighted by molar-refractivity contribution is 8.13. The van der Waals surface area contributed by atoms with Crippen LogP contribution in [0.1, 0.15) is 17.5 Å². The van der Waals surface area contributed by atoms with E-state index in [-0.39, 0.29) is 11.9 Å². The molecule has 0 aromatic heterocycles. The van der Waals surface area contributed by atoms with Gasteiger partial charge in [-0.15, -0.1) is 0 Å². The smallest absolute Gasteiger partial charge is 0.328 e. The molecule has 0 bridgehead atoms. The van der Waals surface area contributed by atoms with E-state index in [1.54, 1.807) is 30.8 Å². The van der Waals surface area contributed by atoms with E-state index < -0.39 is 12.2 Å². The maximum Gasteiger partial charge on any atom is 0.328 e. The van der Waals surface area contributed by atoms with Gasteiger partial charge in [0.05, 0.1) is 0 Å². The van der Waals surface area contributed by atoms with Crippen LogP contribution in [-0.2, 0) is 17.6 Å². The molecular formula is C24H28N4O2S. The van der Waals surface area contributed by atoms with Crippen LogP contribution < -0.4 is 0 Å². The Kier molecular flexibility index (Phi) is 6.61. The normalized spacial score (nSPS) is 20.8. The maximum atomic E-state index is 13.0. The monoisotopic (exact) mass is 436 g/mol. The summed E-state index contributed by atoms with van der Waals surface area (Å²) in [5, 5.41) is 0.863. The van der Waals surface area contributed by atoms with Crippen LogP contribution in [0.3, 0.4) is 0 Å². The highest BCUT2D eigenvalue weighted by Crippen LogP contribution is 2.31. The SMILES string of the molecule is CN1C(=O)C2C(N=C(SCCc3ccccc3)N2CCCc2ccccc2)N(C)C1=O. The lowest BCUT2D eigenvalue weighted by atomic mass is 10.1. The van der Waals surface area contributed by atoms with Crippen molar-refractivity contribution in [3.05, 3.63) is 71.8 Å². The van der Waals surface area contributed by atoms with Gasteiger partial charge in [-0.05, 0) is 30.4 Å². The first-order chi connectivity index (χ1) is 15.1. The van der Waals surface area contributed by atoms with Crippen LogP contribution in [0.4, 0.5) is 4.79 Å². The van der Waals surface area contributed by atoms with Crippen molar-refractivity contribution in [2.75, 3.05) is 26.4 Å². The molecule has 0 N–H and O–H groups in total. The molecule has 2 aromatic rings. The van der Waals surface area contributed by atoms with Gasteiger partial charge in [0.2, 0.25) is 0 Å². The Bertz CT molecular complexity index is 951. The number of aliphatic imine (C=N–C) groups is 1. The Morgan fingerprint density at radius 1 is 0.903 bits per heavy atom. The van der Waals surface area contributed by atoms with Gasteiger partial charge >= 0.3 is 6.03 Å². The number of benzene rings is 2. The summed E-state index contributed by atoms with van der Waals surface area (Å²) >= 11 is 1.67. The van der Waals surface area contributed by atoms with Gasteiger partial charge in [0.25, 0.3) is 5.91 Å². The summed E-state index contributed by atoms with van der Waals surface area (Å²) in [5.41, 5.74) is 2.57. The van der Waals surface area contributed by atoms with Crippen molar-refractivity contribution in [2.45, 2.75) is 31.5 Å². The Morgan fingerprint density at radius 2 is 1.52 bits per heavy atom. The number of amidine groups is 1. The van der Waals surface area contributed by atoms with Crippen LogP contribution in [0, 0.1) is 0 Å². The summed E-state index contributed by atoms with van der Waals surface area (Å²) in [6, 6.07) is 20.0. The van der Waals surface area contributed by atoms with Crippen molar-refractivity contribution in [2.24, 2.45) is 4.99 Å². The number of urea groups is 1. The predicted octanol–water partition coefficient (Wildman–Crippen LogP) is 3.49. The summed E-state index contributed by atoms with van der Waals surface area (Å²) < 4.78 is 0. The Labute approximate surface area is 187 Å². The average molecular weight is 437 g/mol. The predicted molar refractivity (Wildman–Crippen MR) is 125 cm³/mol. The van der Waals surface area contributed by atoms with Gasteiger partial charge in [-0.3, -0.25) is 9.69 Å². The zero-order chi connectivity index (χ0) is 21.8. The van der Waals surface area contributed by atoms with E-state index in [1.165, 1.54) is 16.0 Å². The number of nitrogens with zero attached hydrogens (tertiary/aromatic N) is 4. The maximum absolute atomic E-state index is 13.0. The lowest BCUT2D eigenvalue weighted by Crippen LogP contribution is -2.63. The lowest BCUT2D eigenvalue weighted by molar-refractivity contribution is -0.136. The van der Waals surface area contributed by atoms with Gasteiger partial charge < -0.3 is 9.80 Å². The minimum atomic E-state index is -0.452. The zero-order valence-corrected chi connectivity index (χ0v) is 18.8. The lowest BCUT2D eigenvalue weighted by Gasteiger charge is -2.40. The Hall–Kier alpha value is -2.80. The van der Waals surface area contributed by atoms with Gasteiger partial charge in [0.15, 0.2) is 17.4 Å². The molecule has 162 valence electrons. The van der Waals surface area contributed by atoms with Crippen LogP contribution >= 0.6 is 11.8 Å². The fourth-order valence-electron chi connectivity index (χ4n) is 4.10. The molecule has 6 nitrogen and oxygen atoms in total. The second kappa shape index (κ2) is 9.56. The molecule has 0 aliphatic carbocycles. The van der Waals surface area contributed by atoms with E-state index in [2.05, 4.69) is 29.2 Å². The van der Waals surface area contributed by atoms with E-state index in [9.17, 15) is 9.59 Å². The first-order valence-electron chi connectivity index (χ1n) is 10.7. The van der Waals surface area contributed by atoms with Crippen LogP contribution in [0.2, 0.25) is 0 Å². The van der Waals surface area contributed by atoms with Crippen molar-refractivity contribution < 1.29 is 9.59 Å². The molecule has 0 radical (unpaired) electrons. The van der Waals surface area contributed by atoms with Gasteiger partial charge in [0, 0.05) is 26.4 Å². The summed E-state index contributed by atoms with van der Waals surface area (Å²) in [5.74, 6) is 0.703. The summed E-state index contributed by atoms with van der Waals surface area (Å²) in [6.07, 6.45) is 2.34. The molecular weight excluding hydrogens is 408 g/mol. The Balaban J connectivity index is 1.47. The number of thioether (sulfide) groups is 1. The number of fused-ring (bicyclic) bond motifs is 1. The quantitative estimate of drug-likeness (QED) is 0.667. The van der Waals surface area contributed by atoms with E-state index in [4.69, 9.17) is 4.99 Å². The minimum Gasteiger partial charge on any atom is -0.336 e. The molecule has 0 saturated carbocycles. The molecule has 1 saturated heterocycles. The average Bonchev–Trinajstić information content (AvgIpc) is 3.16. The number of aryl methyl sites for hydroxylation is 2. The number of rotatable bonds is 7. The second-order valence-electron chi connectivity index (χ2n) is 7.93. The van der Waals surface area contributed by atoms with Gasteiger partial charge in [0.1, 0.15) is 0 Å². The van der Waals surface area contributed by atoms with E-state index >= 15 is 0 Å². The van der Waals surface area contributed by atoms with Crippen molar-refractivity contribution in [3.63, 3.8) is 0 Å². The molecule has 3 amide bonds. The van der Waals surface area contributed by atoms with Gasteiger partial charge in [-0.1, -0.05) is 72.4 Å². The van der Waals surface area contributed by atoms with Crippen molar-refractivity contribution in [1.82, 2.24) is 14.7 Å². The fraction of sp³-hybridized carbons (Fsp3) is 0.375. The number of likely N-dealkylation sites (N-methyl/N-ethyl adjacent to an activating group) is 2. The van der Waals surface area contributed by atoms with Crippen molar-refractivity contribution in [1.29, 1.82) is 0 Å². The van der Waals surface area contributed by atoms with E-state index in [0.29, 0.717) is 0 Å². The highest BCUT2D eigenvalue weighted by Gasteiger charge is 2.50. The molecule has 7 heteroatoms. The minimum absolute atomic E-state index is 0.171. The van der Waals surface area contributed by atoms with Crippen molar-refractivity contribution in [3.8, 4) is 0 Å².